The topological polar surface area (TPSA) is 58.2 Å². The van der Waals surface area contributed by atoms with Crippen LogP contribution in [0.3, 0.4) is 0 Å². The van der Waals surface area contributed by atoms with Gasteiger partial charge < -0.3 is 10.6 Å². The molecule has 0 bridgehead atoms. The third-order valence-corrected chi connectivity index (χ3v) is 5.57. The SMILES string of the molecule is CNC(=O)c1c(NC(=O)C2CC2)sc2c1CCCC2C. The number of nitrogens with one attached hydrogen (secondary N) is 2. The van der Waals surface area contributed by atoms with Crippen LogP contribution in [-0.2, 0) is 11.2 Å². The van der Waals surface area contributed by atoms with Gasteiger partial charge in [-0.05, 0) is 43.6 Å². The van der Waals surface area contributed by atoms with Crippen LogP contribution in [0.1, 0.15) is 59.3 Å². The molecule has 1 saturated carbocycles. The van der Waals surface area contributed by atoms with Crippen LogP contribution < -0.4 is 10.6 Å². The Balaban J connectivity index is 1.98. The van der Waals surface area contributed by atoms with Crippen molar-refractivity contribution in [3.63, 3.8) is 0 Å². The predicted octanol–water partition coefficient (Wildman–Crippen LogP) is 2.90. The molecule has 1 fully saturated rings. The molecule has 1 atom stereocenters. The molecule has 2 amide bonds. The normalized spacial score (nSPS) is 21.2. The zero-order valence-corrected chi connectivity index (χ0v) is 12.7. The van der Waals surface area contributed by atoms with Crippen molar-refractivity contribution in [1.82, 2.24) is 5.32 Å². The molecule has 108 valence electrons. The quantitative estimate of drug-likeness (QED) is 0.900. The molecule has 4 nitrogen and oxygen atoms in total. The van der Waals surface area contributed by atoms with Crippen molar-refractivity contribution in [3.8, 4) is 0 Å². The Hall–Kier alpha value is -1.36. The van der Waals surface area contributed by atoms with Gasteiger partial charge >= 0.3 is 0 Å². The molecule has 1 aromatic heterocycles. The molecule has 1 aromatic rings. The maximum Gasteiger partial charge on any atom is 0.254 e. The van der Waals surface area contributed by atoms with E-state index >= 15 is 0 Å². The number of carbonyl (C=O) groups is 2. The van der Waals surface area contributed by atoms with E-state index in [0.717, 1.165) is 42.7 Å². The van der Waals surface area contributed by atoms with Crippen LogP contribution >= 0.6 is 11.3 Å². The number of carbonyl (C=O) groups excluding carboxylic acids is 2. The second-order valence-electron chi connectivity index (χ2n) is 5.78. The predicted molar refractivity (Wildman–Crippen MR) is 80.4 cm³/mol. The van der Waals surface area contributed by atoms with Crippen LogP contribution in [0, 0.1) is 5.92 Å². The summed E-state index contributed by atoms with van der Waals surface area (Å²) in [6.45, 7) is 2.20. The van der Waals surface area contributed by atoms with E-state index in [2.05, 4.69) is 17.6 Å². The summed E-state index contributed by atoms with van der Waals surface area (Å²) in [5.74, 6) is 0.631. The molecule has 20 heavy (non-hydrogen) atoms. The van der Waals surface area contributed by atoms with E-state index in [1.807, 2.05) is 0 Å². The van der Waals surface area contributed by atoms with Gasteiger partial charge in [-0.15, -0.1) is 11.3 Å². The highest BCUT2D eigenvalue weighted by Crippen LogP contribution is 2.44. The molecule has 0 spiro atoms. The second-order valence-corrected chi connectivity index (χ2v) is 6.84. The van der Waals surface area contributed by atoms with Gasteiger partial charge in [0.05, 0.1) is 5.56 Å². The standard InChI is InChI=1S/C15H20N2O2S/c1-8-4-3-5-10-11(14(19)16-2)15(20-12(8)10)17-13(18)9-6-7-9/h8-9H,3-7H2,1-2H3,(H,16,19)(H,17,18). The van der Waals surface area contributed by atoms with E-state index in [1.54, 1.807) is 18.4 Å². The lowest BCUT2D eigenvalue weighted by Gasteiger charge is -2.18. The van der Waals surface area contributed by atoms with Crippen molar-refractivity contribution >= 4 is 28.2 Å². The van der Waals surface area contributed by atoms with E-state index in [4.69, 9.17) is 0 Å². The van der Waals surface area contributed by atoms with Crippen molar-refractivity contribution in [2.45, 2.75) is 44.9 Å². The largest absolute Gasteiger partial charge is 0.355 e. The molecule has 0 radical (unpaired) electrons. The van der Waals surface area contributed by atoms with E-state index in [0.29, 0.717) is 11.5 Å². The van der Waals surface area contributed by atoms with Crippen molar-refractivity contribution in [2.24, 2.45) is 5.92 Å². The van der Waals surface area contributed by atoms with Gasteiger partial charge in [0.2, 0.25) is 5.91 Å². The minimum absolute atomic E-state index is 0.0707. The Morgan fingerprint density at radius 2 is 2.00 bits per heavy atom. The average molecular weight is 292 g/mol. The Morgan fingerprint density at radius 1 is 1.25 bits per heavy atom. The van der Waals surface area contributed by atoms with Crippen LogP contribution in [0.25, 0.3) is 0 Å². The van der Waals surface area contributed by atoms with E-state index in [-0.39, 0.29) is 17.7 Å². The Morgan fingerprint density at radius 3 is 2.65 bits per heavy atom. The average Bonchev–Trinajstić information content (AvgIpc) is 3.21. The number of hydrogen-bond acceptors (Lipinski definition) is 3. The number of thiophene rings is 1. The lowest BCUT2D eigenvalue weighted by Crippen LogP contribution is -2.22. The highest BCUT2D eigenvalue weighted by atomic mass is 32.1. The van der Waals surface area contributed by atoms with Crippen molar-refractivity contribution < 1.29 is 9.59 Å². The summed E-state index contributed by atoms with van der Waals surface area (Å²) in [4.78, 5) is 25.5. The highest BCUT2D eigenvalue weighted by Gasteiger charge is 2.33. The molecule has 0 aromatic carbocycles. The first kappa shape index (κ1) is 13.6. The number of amides is 2. The smallest absolute Gasteiger partial charge is 0.254 e. The van der Waals surface area contributed by atoms with E-state index in [9.17, 15) is 9.59 Å². The van der Waals surface area contributed by atoms with Crippen LogP contribution in [0.4, 0.5) is 5.00 Å². The molecule has 0 aliphatic heterocycles. The highest BCUT2D eigenvalue weighted by molar-refractivity contribution is 7.17. The molecule has 1 unspecified atom stereocenters. The molecule has 5 heteroatoms. The number of rotatable bonds is 3. The minimum Gasteiger partial charge on any atom is -0.355 e. The molecule has 0 saturated heterocycles. The fourth-order valence-electron chi connectivity index (χ4n) is 2.86. The monoisotopic (exact) mass is 292 g/mol. The molecule has 3 rings (SSSR count). The van der Waals surface area contributed by atoms with Crippen LogP contribution in [0.2, 0.25) is 0 Å². The summed E-state index contributed by atoms with van der Waals surface area (Å²) in [5.41, 5.74) is 1.85. The van der Waals surface area contributed by atoms with Gasteiger partial charge in [0, 0.05) is 17.8 Å². The first-order valence-electron chi connectivity index (χ1n) is 7.30. The van der Waals surface area contributed by atoms with Crippen LogP contribution in [-0.4, -0.2) is 18.9 Å². The van der Waals surface area contributed by atoms with Crippen molar-refractivity contribution in [1.29, 1.82) is 0 Å². The summed E-state index contributed by atoms with van der Waals surface area (Å²) in [5, 5.41) is 6.44. The summed E-state index contributed by atoms with van der Waals surface area (Å²) in [6, 6.07) is 0. The van der Waals surface area contributed by atoms with Gasteiger partial charge in [0.1, 0.15) is 5.00 Å². The van der Waals surface area contributed by atoms with Gasteiger partial charge in [-0.3, -0.25) is 9.59 Å². The van der Waals surface area contributed by atoms with Gasteiger partial charge in [0.15, 0.2) is 0 Å². The number of anilines is 1. The Kier molecular flexibility index (Phi) is 3.54. The van der Waals surface area contributed by atoms with Crippen molar-refractivity contribution in [3.05, 3.63) is 16.0 Å². The van der Waals surface area contributed by atoms with Gasteiger partial charge in [-0.25, -0.2) is 0 Å². The first-order valence-corrected chi connectivity index (χ1v) is 8.12. The zero-order chi connectivity index (χ0) is 14.3. The number of hydrogen-bond donors (Lipinski definition) is 2. The maximum absolute atomic E-state index is 12.2. The summed E-state index contributed by atoms with van der Waals surface area (Å²) in [7, 11) is 1.64. The first-order chi connectivity index (χ1) is 9.61. The number of fused-ring (bicyclic) bond motifs is 1. The van der Waals surface area contributed by atoms with Crippen LogP contribution in [0.15, 0.2) is 0 Å². The molecular weight excluding hydrogens is 272 g/mol. The third kappa shape index (κ3) is 2.35. The Bertz CT molecular complexity index is 560. The lowest BCUT2D eigenvalue weighted by molar-refractivity contribution is -0.117. The summed E-state index contributed by atoms with van der Waals surface area (Å²) >= 11 is 1.59. The molecule has 2 N–H and O–H groups in total. The van der Waals surface area contributed by atoms with Gasteiger partial charge in [-0.2, -0.15) is 0 Å². The fraction of sp³-hybridized carbons (Fsp3) is 0.600. The van der Waals surface area contributed by atoms with Gasteiger partial charge in [0.25, 0.3) is 5.91 Å². The van der Waals surface area contributed by atoms with Crippen LogP contribution in [0.5, 0.6) is 0 Å². The Labute approximate surface area is 122 Å². The molecular formula is C15H20N2O2S. The summed E-state index contributed by atoms with van der Waals surface area (Å²) in [6.07, 6.45) is 5.17. The molecule has 1 heterocycles. The molecule has 2 aliphatic carbocycles. The fourth-order valence-corrected chi connectivity index (χ4v) is 4.19. The lowest BCUT2D eigenvalue weighted by atomic mass is 9.88. The van der Waals surface area contributed by atoms with Gasteiger partial charge in [-0.1, -0.05) is 6.92 Å². The summed E-state index contributed by atoms with van der Waals surface area (Å²) < 4.78 is 0. The van der Waals surface area contributed by atoms with E-state index < -0.39 is 0 Å². The van der Waals surface area contributed by atoms with E-state index in [1.165, 1.54) is 4.88 Å². The molecule has 2 aliphatic rings. The minimum atomic E-state index is -0.0808. The third-order valence-electron chi connectivity index (χ3n) is 4.19. The maximum atomic E-state index is 12.2. The zero-order valence-electron chi connectivity index (χ0n) is 11.9. The van der Waals surface area contributed by atoms with Crippen molar-refractivity contribution in [2.75, 3.05) is 12.4 Å². The second kappa shape index (κ2) is 5.20.